The van der Waals surface area contributed by atoms with E-state index in [0.29, 0.717) is 28.9 Å². The zero-order valence-electron chi connectivity index (χ0n) is 20.0. The molecule has 36 heavy (non-hydrogen) atoms. The number of hydrogen-bond donors (Lipinski definition) is 2. The maximum atomic E-state index is 13.6. The van der Waals surface area contributed by atoms with Gasteiger partial charge in [-0.1, -0.05) is 19.3 Å². The standard InChI is InChI=1S/C28H27FN4O3/c1-18(34)31-21-11-13-22(14-12-21)32-28(35)25-16-15-24(36-25)27-26(19-7-9-20(29)10-8-19)30-17-33(27)23-5-3-2-4-6-23/h7-17,23H,2-6H2,1H3,(H,31,34)(H,32,35). The van der Waals surface area contributed by atoms with Crippen LogP contribution < -0.4 is 10.6 Å². The first kappa shape index (κ1) is 23.5. The summed E-state index contributed by atoms with van der Waals surface area (Å²) < 4.78 is 21.8. The molecule has 2 N–H and O–H groups in total. The molecule has 5 rings (SSSR count). The fraction of sp³-hybridized carbons (Fsp3) is 0.250. The first-order valence-electron chi connectivity index (χ1n) is 12.1. The van der Waals surface area contributed by atoms with E-state index in [9.17, 15) is 14.0 Å². The van der Waals surface area contributed by atoms with Crippen LogP contribution in [0, 0.1) is 5.82 Å². The summed E-state index contributed by atoms with van der Waals surface area (Å²) in [6, 6.07) is 16.8. The zero-order valence-corrected chi connectivity index (χ0v) is 20.0. The lowest BCUT2D eigenvalue weighted by Crippen LogP contribution is -2.13. The zero-order chi connectivity index (χ0) is 25.1. The number of amides is 2. The molecule has 0 saturated heterocycles. The van der Waals surface area contributed by atoms with Crippen LogP contribution in [-0.2, 0) is 4.79 Å². The number of halogens is 1. The quantitative estimate of drug-likeness (QED) is 0.319. The molecule has 1 saturated carbocycles. The number of aromatic nitrogens is 2. The topological polar surface area (TPSA) is 89.2 Å². The highest BCUT2D eigenvalue weighted by molar-refractivity contribution is 6.02. The van der Waals surface area contributed by atoms with Crippen LogP contribution in [0.2, 0.25) is 0 Å². The molecule has 0 bridgehead atoms. The number of carbonyl (C=O) groups excluding carboxylic acids is 2. The Bertz CT molecular complexity index is 1370. The van der Waals surface area contributed by atoms with Crippen LogP contribution >= 0.6 is 0 Å². The van der Waals surface area contributed by atoms with Crippen LogP contribution in [0.25, 0.3) is 22.7 Å². The Balaban J connectivity index is 1.43. The van der Waals surface area contributed by atoms with Gasteiger partial charge in [0, 0.05) is 29.9 Å². The number of nitrogens with zero attached hydrogens (tertiary/aromatic N) is 2. The number of furan rings is 1. The Morgan fingerprint density at radius 3 is 2.25 bits per heavy atom. The maximum absolute atomic E-state index is 13.6. The van der Waals surface area contributed by atoms with Crippen LogP contribution in [0.3, 0.4) is 0 Å². The molecule has 7 nitrogen and oxygen atoms in total. The number of carbonyl (C=O) groups is 2. The van der Waals surface area contributed by atoms with Crippen LogP contribution in [0.5, 0.6) is 0 Å². The molecule has 0 radical (unpaired) electrons. The van der Waals surface area contributed by atoms with Gasteiger partial charge in [0.1, 0.15) is 11.5 Å². The van der Waals surface area contributed by atoms with Crippen LogP contribution in [0.15, 0.2) is 71.4 Å². The van der Waals surface area contributed by atoms with Crippen LogP contribution in [0.1, 0.15) is 55.6 Å². The molecular weight excluding hydrogens is 459 g/mol. The van der Waals surface area contributed by atoms with E-state index in [4.69, 9.17) is 4.42 Å². The minimum Gasteiger partial charge on any atom is -0.449 e. The van der Waals surface area contributed by atoms with Gasteiger partial charge in [-0.2, -0.15) is 0 Å². The van der Waals surface area contributed by atoms with Gasteiger partial charge in [0.2, 0.25) is 5.91 Å². The Kier molecular flexibility index (Phi) is 6.66. The molecule has 184 valence electrons. The summed E-state index contributed by atoms with van der Waals surface area (Å²) in [5.41, 5.74) is 3.47. The van der Waals surface area contributed by atoms with Crippen molar-refractivity contribution in [1.29, 1.82) is 0 Å². The Labute approximate surface area is 208 Å². The molecule has 4 aromatic rings. The van der Waals surface area contributed by atoms with Crippen molar-refractivity contribution in [2.45, 2.75) is 45.1 Å². The van der Waals surface area contributed by atoms with Crippen LogP contribution in [0.4, 0.5) is 15.8 Å². The maximum Gasteiger partial charge on any atom is 0.291 e. The second-order valence-electron chi connectivity index (χ2n) is 9.02. The smallest absolute Gasteiger partial charge is 0.291 e. The van der Waals surface area contributed by atoms with E-state index in [1.807, 2.05) is 6.33 Å². The minimum absolute atomic E-state index is 0.164. The molecule has 1 aliphatic rings. The van der Waals surface area contributed by atoms with Crippen molar-refractivity contribution in [3.8, 4) is 22.7 Å². The number of rotatable bonds is 6. The SMILES string of the molecule is CC(=O)Nc1ccc(NC(=O)c2ccc(-c3c(-c4ccc(F)cc4)ncn3C3CCCCC3)o2)cc1. The first-order valence-corrected chi connectivity index (χ1v) is 12.1. The minimum atomic E-state index is -0.388. The summed E-state index contributed by atoms with van der Waals surface area (Å²) in [6.07, 6.45) is 7.45. The molecule has 0 aliphatic heterocycles. The first-order chi connectivity index (χ1) is 17.5. The molecule has 2 amide bonds. The monoisotopic (exact) mass is 486 g/mol. The van der Waals surface area contributed by atoms with Crippen LogP contribution in [-0.4, -0.2) is 21.4 Å². The second kappa shape index (κ2) is 10.2. The van der Waals surface area contributed by atoms with Gasteiger partial charge >= 0.3 is 0 Å². The van der Waals surface area contributed by atoms with E-state index in [-0.39, 0.29) is 23.4 Å². The summed E-state index contributed by atoms with van der Waals surface area (Å²) >= 11 is 0. The van der Waals surface area contributed by atoms with Crippen molar-refractivity contribution in [3.63, 3.8) is 0 Å². The third-order valence-electron chi connectivity index (χ3n) is 6.41. The van der Waals surface area contributed by atoms with Crippen molar-refractivity contribution in [2.75, 3.05) is 10.6 Å². The fourth-order valence-corrected chi connectivity index (χ4v) is 4.68. The number of anilines is 2. The summed E-state index contributed by atoms with van der Waals surface area (Å²) in [4.78, 5) is 28.8. The Hall–Kier alpha value is -4.20. The predicted molar refractivity (Wildman–Crippen MR) is 136 cm³/mol. The van der Waals surface area contributed by atoms with Gasteiger partial charge in [0.05, 0.1) is 12.0 Å². The molecular formula is C28H27FN4O3. The molecule has 1 aliphatic carbocycles. The van der Waals surface area contributed by atoms with Gasteiger partial charge in [-0.05, 0) is 73.5 Å². The number of hydrogen-bond acceptors (Lipinski definition) is 4. The van der Waals surface area contributed by atoms with E-state index in [2.05, 4.69) is 20.2 Å². The number of nitrogens with one attached hydrogen (secondary N) is 2. The Morgan fingerprint density at radius 1 is 0.917 bits per heavy atom. The van der Waals surface area contributed by atoms with E-state index in [1.165, 1.54) is 25.5 Å². The summed E-state index contributed by atoms with van der Waals surface area (Å²) in [5, 5.41) is 5.51. The Morgan fingerprint density at radius 2 is 1.58 bits per heavy atom. The third-order valence-corrected chi connectivity index (χ3v) is 6.41. The fourth-order valence-electron chi connectivity index (χ4n) is 4.68. The van der Waals surface area contributed by atoms with Crippen molar-refractivity contribution in [3.05, 3.63) is 78.6 Å². The lowest BCUT2D eigenvalue weighted by molar-refractivity contribution is -0.114. The molecule has 0 spiro atoms. The highest BCUT2D eigenvalue weighted by Crippen LogP contribution is 2.38. The molecule has 2 aromatic heterocycles. The summed E-state index contributed by atoms with van der Waals surface area (Å²) in [5.74, 6) is -0.169. The summed E-state index contributed by atoms with van der Waals surface area (Å²) in [7, 11) is 0. The average molecular weight is 487 g/mol. The van der Waals surface area contributed by atoms with E-state index >= 15 is 0 Å². The molecule has 0 unspecified atom stereocenters. The van der Waals surface area contributed by atoms with Crippen molar-refractivity contribution in [1.82, 2.24) is 9.55 Å². The number of benzene rings is 2. The van der Waals surface area contributed by atoms with Gasteiger partial charge in [-0.15, -0.1) is 0 Å². The normalized spacial score (nSPS) is 13.9. The van der Waals surface area contributed by atoms with E-state index < -0.39 is 0 Å². The third kappa shape index (κ3) is 5.07. The lowest BCUT2D eigenvalue weighted by Gasteiger charge is -2.24. The largest absolute Gasteiger partial charge is 0.449 e. The predicted octanol–water partition coefficient (Wildman–Crippen LogP) is 6.67. The van der Waals surface area contributed by atoms with Gasteiger partial charge in [0.15, 0.2) is 11.5 Å². The molecule has 1 fully saturated rings. The number of imidazole rings is 1. The van der Waals surface area contributed by atoms with Crippen molar-refractivity contribution in [2.24, 2.45) is 0 Å². The van der Waals surface area contributed by atoms with Crippen molar-refractivity contribution >= 4 is 23.2 Å². The molecule has 2 heterocycles. The highest BCUT2D eigenvalue weighted by Gasteiger charge is 2.25. The average Bonchev–Trinajstić information content (AvgIpc) is 3.53. The molecule has 8 heteroatoms. The molecule has 0 atom stereocenters. The lowest BCUT2D eigenvalue weighted by atomic mass is 9.95. The van der Waals surface area contributed by atoms with E-state index in [0.717, 1.165) is 36.9 Å². The van der Waals surface area contributed by atoms with E-state index in [1.54, 1.807) is 48.5 Å². The van der Waals surface area contributed by atoms with Gasteiger partial charge < -0.3 is 19.6 Å². The second-order valence-corrected chi connectivity index (χ2v) is 9.02. The van der Waals surface area contributed by atoms with Crippen molar-refractivity contribution < 1.29 is 18.4 Å². The highest BCUT2D eigenvalue weighted by atomic mass is 19.1. The summed E-state index contributed by atoms with van der Waals surface area (Å²) in [6.45, 7) is 1.44. The van der Waals surface area contributed by atoms with Gasteiger partial charge in [-0.3, -0.25) is 9.59 Å². The molecule has 2 aromatic carbocycles. The van der Waals surface area contributed by atoms with Gasteiger partial charge in [0.25, 0.3) is 5.91 Å². The van der Waals surface area contributed by atoms with Gasteiger partial charge in [-0.25, -0.2) is 9.37 Å².